The summed E-state index contributed by atoms with van der Waals surface area (Å²) in [6.07, 6.45) is 3.57. The Bertz CT molecular complexity index is 3070. The number of aryl methyl sites for hydroxylation is 5. The van der Waals surface area contributed by atoms with Gasteiger partial charge in [0, 0.05) is 5.41 Å². The van der Waals surface area contributed by atoms with E-state index in [1.54, 1.807) is 0 Å². The van der Waals surface area contributed by atoms with Crippen molar-refractivity contribution in [2.75, 3.05) is 0 Å². The zero-order valence-corrected chi connectivity index (χ0v) is 45.5. The highest BCUT2D eigenvalue weighted by Crippen LogP contribution is 2.52. The Morgan fingerprint density at radius 3 is 1.37 bits per heavy atom. The van der Waals surface area contributed by atoms with E-state index in [0.717, 1.165) is 0 Å². The Morgan fingerprint density at radius 2 is 0.886 bits per heavy atom. The fraction of sp³-hybridized carbons (Fsp3) is 0.314. The predicted molar refractivity (Wildman–Crippen MR) is 311 cm³/mol. The van der Waals surface area contributed by atoms with Crippen LogP contribution in [0.4, 0.5) is 0 Å². The molecule has 0 bridgehead atoms. The molecule has 0 fully saturated rings. The summed E-state index contributed by atoms with van der Waals surface area (Å²) in [6, 6.07) is 65.6. The van der Waals surface area contributed by atoms with Gasteiger partial charge in [-0.3, -0.25) is 0 Å². The Hall–Kier alpha value is -6.24. The van der Waals surface area contributed by atoms with Crippen LogP contribution in [0.25, 0.3) is 43.4 Å². The second-order valence-electron chi connectivity index (χ2n) is 22.3. The zero-order chi connectivity index (χ0) is 50.8. The molecule has 10 rings (SSSR count). The van der Waals surface area contributed by atoms with Gasteiger partial charge in [0.05, 0.1) is 0 Å². The van der Waals surface area contributed by atoms with E-state index in [9.17, 15) is 0 Å². The first-order valence-corrected chi connectivity index (χ1v) is 26.0. The lowest BCUT2D eigenvalue weighted by atomic mass is 9.81. The zero-order valence-electron chi connectivity index (χ0n) is 45.5. The summed E-state index contributed by atoms with van der Waals surface area (Å²) in [5.41, 5.74) is 17.5. The molecule has 1 atom stereocenters. The second-order valence-corrected chi connectivity index (χ2v) is 22.3. The van der Waals surface area contributed by atoms with Crippen molar-refractivity contribution >= 4 is 32.3 Å². The Kier molecular flexibility index (Phi) is 17.5. The highest BCUT2D eigenvalue weighted by Gasteiger charge is 2.36. The second kappa shape index (κ2) is 23.1. The summed E-state index contributed by atoms with van der Waals surface area (Å²) in [6.45, 7) is 33.8. The molecule has 0 aliphatic heterocycles. The van der Waals surface area contributed by atoms with Crippen molar-refractivity contribution in [2.45, 2.75) is 145 Å². The number of hydrogen-bond donors (Lipinski definition) is 0. The van der Waals surface area contributed by atoms with Crippen molar-refractivity contribution in [1.29, 1.82) is 0 Å². The molecule has 362 valence electrons. The quantitative estimate of drug-likeness (QED) is 0.165. The first-order chi connectivity index (χ1) is 33.3. The Balaban J connectivity index is 0.000000152. The van der Waals surface area contributed by atoms with E-state index in [1.165, 1.54) is 118 Å². The van der Waals surface area contributed by atoms with E-state index in [4.69, 9.17) is 0 Å². The van der Waals surface area contributed by atoms with Crippen LogP contribution >= 0.6 is 0 Å². The molecule has 1 aliphatic rings. The fourth-order valence-electron chi connectivity index (χ4n) is 10.1. The maximum Gasteiger partial charge on any atom is 0.0159 e. The van der Waals surface area contributed by atoms with Crippen LogP contribution in [-0.4, -0.2) is 0 Å². The highest BCUT2D eigenvalue weighted by atomic mass is 14.4. The summed E-state index contributed by atoms with van der Waals surface area (Å²) in [7, 11) is 0. The van der Waals surface area contributed by atoms with Crippen molar-refractivity contribution in [2.24, 2.45) is 0 Å². The van der Waals surface area contributed by atoms with Gasteiger partial charge in [-0.25, -0.2) is 0 Å². The van der Waals surface area contributed by atoms with Crippen LogP contribution in [0.5, 0.6) is 0 Å². The third-order valence-electron chi connectivity index (χ3n) is 14.2. The fourth-order valence-corrected chi connectivity index (χ4v) is 10.1. The van der Waals surface area contributed by atoms with Crippen LogP contribution in [-0.2, 0) is 22.7 Å². The van der Waals surface area contributed by atoms with Gasteiger partial charge in [-0.2, -0.15) is 0 Å². The average molecular weight is 923 g/mol. The maximum absolute atomic E-state index is 2.40. The van der Waals surface area contributed by atoms with E-state index in [0.29, 0.717) is 5.92 Å². The highest BCUT2D eigenvalue weighted by molar-refractivity contribution is 6.04. The predicted octanol–water partition coefficient (Wildman–Crippen LogP) is 20.5. The molecule has 1 aliphatic carbocycles. The minimum atomic E-state index is 0.0888. The van der Waals surface area contributed by atoms with Gasteiger partial charge in [0.25, 0.3) is 0 Å². The van der Waals surface area contributed by atoms with E-state index in [1.807, 2.05) is 36.4 Å². The van der Waals surface area contributed by atoms with Gasteiger partial charge in [-0.15, -0.1) is 0 Å². The molecule has 0 radical (unpaired) electrons. The summed E-state index contributed by atoms with van der Waals surface area (Å²) in [4.78, 5) is 0. The van der Waals surface area contributed by atoms with Crippen LogP contribution in [0.3, 0.4) is 0 Å². The largest absolute Gasteiger partial charge is 0.0651 e. The monoisotopic (exact) mass is 923 g/mol. The van der Waals surface area contributed by atoms with E-state index >= 15 is 0 Å². The SMILES string of the molecule is CCC(C)c1ccc(C(C)(C)C)c2ccccc12.CCCc1ccc(C(C)(C)C)c2ccccc12.Cc1ccc2c(c1)C(C)(C)c1cc(C)c3ccccc3c1-2.Cc1ccccc1.Cc1ccccc1. The van der Waals surface area contributed by atoms with Crippen LogP contribution in [0.1, 0.15) is 151 Å². The lowest BCUT2D eigenvalue weighted by Gasteiger charge is -2.23. The molecule has 0 spiro atoms. The number of hydrogen-bond acceptors (Lipinski definition) is 0. The van der Waals surface area contributed by atoms with E-state index < -0.39 is 0 Å². The van der Waals surface area contributed by atoms with Crippen LogP contribution in [0, 0.1) is 27.7 Å². The molecule has 9 aromatic rings. The lowest BCUT2D eigenvalue weighted by molar-refractivity contribution is 0.595. The van der Waals surface area contributed by atoms with Gasteiger partial charge >= 0.3 is 0 Å². The van der Waals surface area contributed by atoms with E-state index in [2.05, 4.69) is 249 Å². The third-order valence-corrected chi connectivity index (χ3v) is 14.2. The molecule has 0 amide bonds. The molecular formula is C70H82. The molecule has 0 saturated carbocycles. The van der Waals surface area contributed by atoms with Crippen LogP contribution < -0.4 is 0 Å². The average Bonchev–Trinajstić information content (AvgIpc) is 3.56. The molecule has 0 N–H and O–H groups in total. The summed E-state index contributed by atoms with van der Waals surface area (Å²) < 4.78 is 0. The van der Waals surface area contributed by atoms with Gasteiger partial charge in [-0.05, 0) is 140 Å². The third kappa shape index (κ3) is 12.6. The molecular weight excluding hydrogens is 841 g/mol. The van der Waals surface area contributed by atoms with Crippen molar-refractivity contribution in [3.63, 3.8) is 0 Å². The van der Waals surface area contributed by atoms with Gasteiger partial charge in [0.2, 0.25) is 0 Å². The van der Waals surface area contributed by atoms with Crippen molar-refractivity contribution in [3.8, 4) is 11.1 Å². The van der Waals surface area contributed by atoms with Gasteiger partial charge < -0.3 is 0 Å². The standard InChI is InChI=1S/C21H20.C18H24.C17H22.2C7H8/c1-13-9-10-17-18(11-13)21(3,4)19-12-14(2)15-7-5-6-8-16(15)20(17)19;1-6-13(2)14-11-12-17(18(3,4)5)16-10-8-7-9-15(14)16;1-5-8-13-11-12-16(17(2,3)4)15-10-7-6-9-14(13)15;2*1-7-5-3-2-4-6-7/h5-12H,1-4H3;7-13H,6H2,1-5H3;6-7,9-12H,5,8H2,1-4H3;2*2-6H,1H3. The molecule has 70 heavy (non-hydrogen) atoms. The minimum absolute atomic E-state index is 0.0888. The maximum atomic E-state index is 2.40. The van der Waals surface area contributed by atoms with Gasteiger partial charge in [-0.1, -0.05) is 281 Å². The minimum Gasteiger partial charge on any atom is -0.0651 e. The molecule has 0 aromatic heterocycles. The number of benzene rings is 9. The van der Waals surface area contributed by atoms with Crippen molar-refractivity contribution in [1.82, 2.24) is 0 Å². The van der Waals surface area contributed by atoms with Crippen molar-refractivity contribution < 1.29 is 0 Å². The number of fused-ring (bicyclic) bond motifs is 7. The molecule has 1 unspecified atom stereocenters. The van der Waals surface area contributed by atoms with E-state index in [-0.39, 0.29) is 16.2 Å². The first-order valence-electron chi connectivity index (χ1n) is 26.0. The Morgan fingerprint density at radius 1 is 0.429 bits per heavy atom. The molecule has 0 heterocycles. The molecule has 9 aromatic carbocycles. The number of rotatable bonds is 4. The van der Waals surface area contributed by atoms with Crippen LogP contribution in [0.2, 0.25) is 0 Å². The summed E-state index contributed by atoms with van der Waals surface area (Å²) >= 11 is 0. The Labute approximate surface area is 424 Å². The summed E-state index contributed by atoms with van der Waals surface area (Å²) in [5.74, 6) is 0.629. The topological polar surface area (TPSA) is 0 Å². The molecule has 0 saturated heterocycles. The molecule has 0 nitrogen and oxygen atoms in total. The van der Waals surface area contributed by atoms with Gasteiger partial charge in [0.15, 0.2) is 0 Å². The normalized spacial score (nSPS) is 12.7. The van der Waals surface area contributed by atoms with Crippen LogP contribution in [0.15, 0.2) is 182 Å². The van der Waals surface area contributed by atoms with Crippen molar-refractivity contribution in [3.05, 3.63) is 238 Å². The molecule has 0 heteroatoms. The summed E-state index contributed by atoms with van der Waals surface area (Å²) in [5, 5.41) is 8.47. The lowest BCUT2D eigenvalue weighted by Crippen LogP contribution is -2.15. The first kappa shape index (κ1) is 53.1. The van der Waals surface area contributed by atoms with Gasteiger partial charge in [0.1, 0.15) is 0 Å². The smallest absolute Gasteiger partial charge is 0.0159 e.